The van der Waals surface area contributed by atoms with Gasteiger partial charge in [0, 0.05) is 18.8 Å². The van der Waals surface area contributed by atoms with Crippen molar-refractivity contribution in [3.05, 3.63) is 41.1 Å². The molecule has 0 atom stereocenters. The normalized spacial score (nSPS) is 11.0. The van der Waals surface area contributed by atoms with E-state index in [4.69, 9.17) is 5.73 Å². The molecular weight excluding hydrogens is 236 g/mol. The van der Waals surface area contributed by atoms with Crippen LogP contribution in [0.25, 0.3) is 0 Å². The van der Waals surface area contributed by atoms with Gasteiger partial charge in [-0.25, -0.2) is 0 Å². The van der Waals surface area contributed by atoms with Gasteiger partial charge in [0.15, 0.2) is 0 Å². The van der Waals surface area contributed by atoms with Crippen LogP contribution in [0, 0.1) is 6.92 Å². The first-order chi connectivity index (χ1) is 8.97. The Balaban J connectivity index is 2.22. The van der Waals surface area contributed by atoms with Gasteiger partial charge in [0.05, 0.1) is 12.2 Å². The monoisotopic (exact) mass is 258 g/mol. The lowest BCUT2D eigenvalue weighted by Gasteiger charge is -2.22. The van der Waals surface area contributed by atoms with E-state index in [1.54, 1.807) is 0 Å². The van der Waals surface area contributed by atoms with Gasteiger partial charge < -0.3 is 10.6 Å². The number of rotatable bonds is 4. The summed E-state index contributed by atoms with van der Waals surface area (Å²) in [7, 11) is 2.09. The third-order valence-electron chi connectivity index (χ3n) is 3.37. The number of nitrogens with one attached hydrogen (secondary N) is 1. The highest BCUT2D eigenvalue weighted by atomic mass is 15.2. The molecule has 1 aromatic carbocycles. The largest absolute Gasteiger partial charge is 0.382 e. The molecule has 1 aromatic heterocycles. The molecule has 2 aromatic rings. The van der Waals surface area contributed by atoms with Crippen LogP contribution in [0.4, 0.5) is 11.5 Å². The van der Waals surface area contributed by atoms with Crippen molar-refractivity contribution in [2.24, 2.45) is 0 Å². The molecule has 0 saturated carbocycles. The fourth-order valence-corrected chi connectivity index (χ4v) is 2.20. The van der Waals surface area contributed by atoms with Gasteiger partial charge in [-0.2, -0.15) is 5.10 Å². The highest BCUT2D eigenvalue weighted by Crippen LogP contribution is 2.25. The Labute approximate surface area is 114 Å². The van der Waals surface area contributed by atoms with Crippen molar-refractivity contribution < 1.29 is 0 Å². The molecule has 19 heavy (non-hydrogen) atoms. The zero-order valence-corrected chi connectivity index (χ0v) is 12.1. The molecule has 0 aliphatic carbocycles. The van der Waals surface area contributed by atoms with Crippen LogP contribution in [0.3, 0.4) is 0 Å². The molecule has 0 amide bonds. The van der Waals surface area contributed by atoms with E-state index in [1.807, 2.05) is 6.07 Å². The SMILES string of the molecule is Cc1ccc(C(C)C)cc1N(C)Cc1cc(N)n[nH]1. The molecule has 2 rings (SSSR count). The second-order valence-electron chi connectivity index (χ2n) is 5.37. The van der Waals surface area contributed by atoms with Crippen LogP contribution in [-0.2, 0) is 6.54 Å². The van der Waals surface area contributed by atoms with Crippen LogP contribution < -0.4 is 10.6 Å². The van der Waals surface area contributed by atoms with E-state index >= 15 is 0 Å². The Morgan fingerprint density at radius 2 is 2.05 bits per heavy atom. The number of H-pyrrole nitrogens is 1. The summed E-state index contributed by atoms with van der Waals surface area (Å²) in [6, 6.07) is 8.52. The lowest BCUT2D eigenvalue weighted by atomic mass is 10.0. The van der Waals surface area contributed by atoms with Crippen molar-refractivity contribution in [1.29, 1.82) is 0 Å². The topological polar surface area (TPSA) is 57.9 Å². The number of aromatic amines is 1. The molecule has 3 N–H and O–H groups in total. The molecular formula is C15H22N4. The van der Waals surface area contributed by atoms with Crippen molar-refractivity contribution in [2.75, 3.05) is 17.7 Å². The number of aromatic nitrogens is 2. The second-order valence-corrected chi connectivity index (χ2v) is 5.37. The zero-order chi connectivity index (χ0) is 14.0. The fraction of sp³-hybridized carbons (Fsp3) is 0.400. The van der Waals surface area contributed by atoms with Crippen molar-refractivity contribution in [1.82, 2.24) is 10.2 Å². The van der Waals surface area contributed by atoms with Crippen molar-refractivity contribution in [3.8, 4) is 0 Å². The van der Waals surface area contributed by atoms with E-state index in [2.05, 4.69) is 61.1 Å². The molecule has 0 saturated heterocycles. The number of aryl methyl sites for hydroxylation is 1. The molecule has 0 unspecified atom stereocenters. The maximum absolute atomic E-state index is 5.63. The van der Waals surface area contributed by atoms with Crippen molar-refractivity contribution in [3.63, 3.8) is 0 Å². The number of anilines is 2. The van der Waals surface area contributed by atoms with Crippen LogP contribution in [0.2, 0.25) is 0 Å². The van der Waals surface area contributed by atoms with Gasteiger partial charge in [0.25, 0.3) is 0 Å². The van der Waals surface area contributed by atoms with E-state index in [9.17, 15) is 0 Å². The first kappa shape index (κ1) is 13.5. The zero-order valence-electron chi connectivity index (χ0n) is 12.1. The van der Waals surface area contributed by atoms with Crippen molar-refractivity contribution >= 4 is 11.5 Å². The van der Waals surface area contributed by atoms with Gasteiger partial charge >= 0.3 is 0 Å². The van der Waals surface area contributed by atoms with E-state index in [1.165, 1.54) is 16.8 Å². The molecule has 0 spiro atoms. The summed E-state index contributed by atoms with van der Waals surface area (Å²) >= 11 is 0. The summed E-state index contributed by atoms with van der Waals surface area (Å²) in [5, 5.41) is 6.90. The lowest BCUT2D eigenvalue weighted by molar-refractivity contribution is 0.846. The van der Waals surface area contributed by atoms with Crippen LogP contribution in [0.15, 0.2) is 24.3 Å². The molecule has 0 bridgehead atoms. The Hall–Kier alpha value is -1.97. The predicted molar refractivity (Wildman–Crippen MR) is 80.4 cm³/mol. The summed E-state index contributed by atoms with van der Waals surface area (Å²) in [4.78, 5) is 2.22. The van der Waals surface area contributed by atoms with Gasteiger partial charge in [-0.1, -0.05) is 26.0 Å². The summed E-state index contributed by atoms with van der Waals surface area (Å²) in [5.41, 5.74) is 10.5. The predicted octanol–water partition coefficient (Wildman–Crippen LogP) is 3.06. The van der Waals surface area contributed by atoms with Gasteiger partial charge in [0.2, 0.25) is 0 Å². The minimum absolute atomic E-state index is 0.538. The number of nitrogen functional groups attached to an aromatic ring is 1. The van der Waals surface area contributed by atoms with Gasteiger partial charge in [0.1, 0.15) is 5.82 Å². The highest BCUT2D eigenvalue weighted by Gasteiger charge is 2.09. The van der Waals surface area contributed by atoms with Gasteiger partial charge in [-0.3, -0.25) is 5.10 Å². The van der Waals surface area contributed by atoms with Crippen LogP contribution in [0.1, 0.15) is 36.6 Å². The molecule has 0 aliphatic rings. The maximum Gasteiger partial charge on any atom is 0.145 e. The Kier molecular flexibility index (Phi) is 3.79. The van der Waals surface area contributed by atoms with E-state index in [-0.39, 0.29) is 0 Å². The van der Waals surface area contributed by atoms with Crippen LogP contribution >= 0.6 is 0 Å². The Morgan fingerprint density at radius 1 is 1.32 bits per heavy atom. The summed E-state index contributed by atoms with van der Waals surface area (Å²) < 4.78 is 0. The summed E-state index contributed by atoms with van der Waals surface area (Å²) in [6.07, 6.45) is 0. The number of benzene rings is 1. The van der Waals surface area contributed by atoms with Gasteiger partial charge in [-0.05, 0) is 30.0 Å². The second kappa shape index (κ2) is 5.34. The average Bonchev–Trinajstić information content (AvgIpc) is 2.74. The average molecular weight is 258 g/mol. The number of nitrogens with zero attached hydrogens (tertiary/aromatic N) is 2. The number of nitrogens with two attached hydrogens (primary N) is 1. The highest BCUT2D eigenvalue weighted by molar-refractivity contribution is 5.55. The van der Waals surface area contributed by atoms with Gasteiger partial charge in [-0.15, -0.1) is 0 Å². The minimum atomic E-state index is 0.538. The first-order valence-electron chi connectivity index (χ1n) is 6.59. The van der Waals surface area contributed by atoms with E-state index < -0.39 is 0 Å². The first-order valence-corrected chi connectivity index (χ1v) is 6.59. The maximum atomic E-state index is 5.63. The quantitative estimate of drug-likeness (QED) is 0.886. The standard InChI is InChI=1S/C15H22N4/c1-10(2)12-6-5-11(3)14(7-12)19(4)9-13-8-15(16)18-17-13/h5-8,10H,9H2,1-4H3,(H3,16,17,18). The molecule has 0 aliphatic heterocycles. The Bertz CT molecular complexity index is 557. The molecule has 0 fully saturated rings. The van der Waals surface area contributed by atoms with E-state index in [0.717, 1.165) is 12.2 Å². The lowest BCUT2D eigenvalue weighted by Crippen LogP contribution is -2.18. The molecule has 1 heterocycles. The number of hydrogen-bond donors (Lipinski definition) is 2. The van der Waals surface area contributed by atoms with Crippen molar-refractivity contribution in [2.45, 2.75) is 33.2 Å². The summed E-state index contributed by atoms with van der Waals surface area (Å²) in [6.45, 7) is 7.33. The third-order valence-corrected chi connectivity index (χ3v) is 3.37. The van der Waals surface area contributed by atoms with Crippen LogP contribution in [0.5, 0.6) is 0 Å². The fourth-order valence-electron chi connectivity index (χ4n) is 2.20. The third kappa shape index (κ3) is 3.08. The smallest absolute Gasteiger partial charge is 0.145 e. The molecule has 0 radical (unpaired) electrons. The Morgan fingerprint density at radius 3 is 2.63 bits per heavy atom. The number of hydrogen-bond acceptors (Lipinski definition) is 3. The summed E-state index contributed by atoms with van der Waals surface area (Å²) in [5.74, 6) is 1.08. The molecule has 4 heteroatoms. The van der Waals surface area contributed by atoms with E-state index in [0.29, 0.717) is 11.7 Å². The molecule has 4 nitrogen and oxygen atoms in total. The van der Waals surface area contributed by atoms with Crippen LogP contribution in [-0.4, -0.2) is 17.2 Å². The molecule has 102 valence electrons. The minimum Gasteiger partial charge on any atom is -0.382 e.